The maximum atomic E-state index is 11.0. The summed E-state index contributed by atoms with van der Waals surface area (Å²) in [5.41, 5.74) is 0.0488. The van der Waals surface area contributed by atoms with Gasteiger partial charge in [0.05, 0.1) is 10.6 Å². The first-order valence-electron chi connectivity index (χ1n) is 5.14. The summed E-state index contributed by atoms with van der Waals surface area (Å²) in [4.78, 5) is 21.3. The molecule has 0 amide bonds. The minimum absolute atomic E-state index is 0.0192. The third-order valence-electron chi connectivity index (χ3n) is 2.52. The van der Waals surface area contributed by atoms with Crippen molar-refractivity contribution >= 4 is 23.3 Å². The highest BCUT2D eigenvalue weighted by Gasteiger charge is 2.22. The Hall–Kier alpha value is -2.41. The van der Waals surface area contributed by atoms with E-state index in [1.54, 1.807) is 0 Å². The standard InChI is InChI=1S/C11H8ClN3O4/c1-6-7(11(16)17)5-14(13-6)9-4-2-3-8(12)10(9)15(18)19/h2-5H,1H3,(H,16,17). The summed E-state index contributed by atoms with van der Waals surface area (Å²) in [6.07, 6.45) is 1.22. The molecule has 7 nitrogen and oxygen atoms in total. The van der Waals surface area contributed by atoms with Crippen molar-refractivity contribution in [3.8, 4) is 5.69 Å². The Labute approximate surface area is 112 Å². The fourth-order valence-electron chi connectivity index (χ4n) is 1.66. The Kier molecular flexibility index (Phi) is 3.22. The van der Waals surface area contributed by atoms with E-state index in [2.05, 4.69) is 5.10 Å². The molecule has 19 heavy (non-hydrogen) atoms. The largest absolute Gasteiger partial charge is 0.478 e. The number of nitro groups is 1. The van der Waals surface area contributed by atoms with E-state index < -0.39 is 10.9 Å². The second kappa shape index (κ2) is 4.69. The highest BCUT2D eigenvalue weighted by Crippen LogP contribution is 2.31. The van der Waals surface area contributed by atoms with Crippen molar-refractivity contribution in [1.29, 1.82) is 0 Å². The van der Waals surface area contributed by atoms with Gasteiger partial charge in [0.2, 0.25) is 0 Å². The first kappa shape index (κ1) is 13.0. The molecule has 0 saturated carbocycles. The molecular weight excluding hydrogens is 274 g/mol. The summed E-state index contributed by atoms with van der Waals surface area (Å²) in [5, 5.41) is 23.9. The molecule has 2 rings (SSSR count). The molecule has 0 unspecified atom stereocenters. The average molecular weight is 282 g/mol. The molecule has 0 spiro atoms. The zero-order valence-corrected chi connectivity index (χ0v) is 10.5. The van der Waals surface area contributed by atoms with Crippen LogP contribution < -0.4 is 0 Å². The third kappa shape index (κ3) is 2.27. The van der Waals surface area contributed by atoms with Crippen molar-refractivity contribution < 1.29 is 14.8 Å². The molecule has 1 heterocycles. The molecule has 2 aromatic rings. The molecule has 0 radical (unpaired) electrons. The summed E-state index contributed by atoms with van der Waals surface area (Å²) in [6, 6.07) is 4.36. The normalized spacial score (nSPS) is 10.4. The zero-order valence-electron chi connectivity index (χ0n) is 9.70. The van der Waals surface area contributed by atoms with Crippen LogP contribution in [0.1, 0.15) is 16.1 Å². The van der Waals surface area contributed by atoms with E-state index in [0.717, 1.165) is 4.68 Å². The van der Waals surface area contributed by atoms with Gasteiger partial charge in [-0.05, 0) is 19.1 Å². The van der Waals surface area contributed by atoms with Crippen molar-refractivity contribution in [1.82, 2.24) is 9.78 Å². The van der Waals surface area contributed by atoms with Gasteiger partial charge in [0.15, 0.2) is 0 Å². The molecule has 8 heteroatoms. The maximum absolute atomic E-state index is 11.0. The van der Waals surface area contributed by atoms with Gasteiger partial charge in [-0.3, -0.25) is 10.1 Å². The molecule has 0 aliphatic rings. The van der Waals surface area contributed by atoms with Crippen LogP contribution in [-0.4, -0.2) is 25.8 Å². The topological polar surface area (TPSA) is 98.3 Å². The molecule has 0 aliphatic heterocycles. The number of para-hydroxylation sites is 1. The molecule has 0 atom stereocenters. The highest BCUT2D eigenvalue weighted by molar-refractivity contribution is 6.33. The first-order chi connectivity index (χ1) is 8.91. The molecule has 1 aromatic carbocycles. The van der Waals surface area contributed by atoms with Gasteiger partial charge in [0, 0.05) is 6.20 Å². The summed E-state index contributed by atoms with van der Waals surface area (Å²) >= 11 is 5.78. The highest BCUT2D eigenvalue weighted by atomic mass is 35.5. The van der Waals surface area contributed by atoms with Gasteiger partial charge in [0.25, 0.3) is 0 Å². The number of carboxylic acid groups (broad SMARTS) is 1. The number of aromatic nitrogens is 2. The molecule has 0 aliphatic carbocycles. The summed E-state index contributed by atoms with van der Waals surface area (Å²) in [7, 11) is 0. The molecular formula is C11H8ClN3O4. The van der Waals surface area contributed by atoms with Crippen LogP contribution in [0.25, 0.3) is 5.69 Å². The third-order valence-corrected chi connectivity index (χ3v) is 2.83. The van der Waals surface area contributed by atoms with Crippen LogP contribution in [0.15, 0.2) is 24.4 Å². The number of carbonyl (C=O) groups is 1. The van der Waals surface area contributed by atoms with Crippen molar-refractivity contribution in [2.75, 3.05) is 0 Å². The Balaban J connectivity index is 2.66. The number of nitro benzene ring substituents is 1. The number of rotatable bonds is 3. The molecule has 1 aromatic heterocycles. The van der Waals surface area contributed by atoms with E-state index in [4.69, 9.17) is 16.7 Å². The van der Waals surface area contributed by atoms with Crippen LogP contribution in [0.5, 0.6) is 0 Å². The van der Waals surface area contributed by atoms with Crippen molar-refractivity contribution in [2.24, 2.45) is 0 Å². The Morgan fingerprint density at radius 2 is 2.21 bits per heavy atom. The van der Waals surface area contributed by atoms with Crippen LogP contribution in [0.4, 0.5) is 5.69 Å². The zero-order chi connectivity index (χ0) is 14.2. The van der Waals surface area contributed by atoms with Gasteiger partial charge >= 0.3 is 11.7 Å². The lowest BCUT2D eigenvalue weighted by molar-refractivity contribution is -0.384. The number of nitrogens with zero attached hydrogens (tertiary/aromatic N) is 3. The number of aryl methyl sites for hydroxylation is 1. The Morgan fingerprint density at radius 3 is 2.74 bits per heavy atom. The lowest BCUT2D eigenvalue weighted by atomic mass is 10.2. The number of hydrogen-bond donors (Lipinski definition) is 1. The van der Waals surface area contributed by atoms with Gasteiger partial charge < -0.3 is 5.11 Å². The molecule has 1 N–H and O–H groups in total. The average Bonchev–Trinajstić information content (AvgIpc) is 2.70. The maximum Gasteiger partial charge on any atom is 0.339 e. The van der Waals surface area contributed by atoms with Gasteiger partial charge in [-0.15, -0.1) is 0 Å². The van der Waals surface area contributed by atoms with Gasteiger partial charge in [-0.2, -0.15) is 5.10 Å². The van der Waals surface area contributed by atoms with Crippen LogP contribution in [0.3, 0.4) is 0 Å². The smallest absolute Gasteiger partial charge is 0.339 e. The van der Waals surface area contributed by atoms with Crippen LogP contribution >= 0.6 is 11.6 Å². The minimum atomic E-state index is -1.14. The predicted octanol–water partition coefficient (Wildman–Crippen LogP) is 2.44. The SMILES string of the molecule is Cc1nn(-c2cccc(Cl)c2[N+](=O)[O-])cc1C(=O)O. The number of benzene rings is 1. The fourth-order valence-corrected chi connectivity index (χ4v) is 1.90. The van der Waals surface area contributed by atoms with Crippen molar-refractivity contribution in [2.45, 2.75) is 6.92 Å². The monoisotopic (exact) mass is 281 g/mol. The lowest BCUT2D eigenvalue weighted by Gasteiger charge is -2.03. The first-order valence-corrected chi connectivity index (χ1v) is 5.52. The molecule has 98 valence electrons. The van der Waals surface area contributed by atoms with Crippen molar-refractivity contribution in [3.05, 3.63) is 50.8 Å². The summed E-state index contributed by atoms with van der Waals surface area (Å²) in [6.45, 7) is 1.51. The second-order valence-electron chi connectivity index (χ2n) is 3.74. The van der Waals surface area contributed by atoms with E-state index >= 15 is 0 Å². The molecule has 0 fully saturated rings. The fraction of sp³-hybridized carbons (Fsp3) is 0.0909. The van der Waals surface area contributed by atoms with E-state index in [-0.39, 0.29) is 27.7 Å². The van der Waals surface area contributed by atoms with E-state index in [1.165, 1.54) is 31.3 Å². The van der Waals surface area contributed by atoms with Crippen LogP contribution in [0.2, 0.25) is 5.02 Å². The summed E-state index contributed by atoms with van der Waals surface area (Å²) in [5.74, 6) is -1.14. The number of hydrogen-bond acceptors (Lipinski definition) is 4. The minimum Gasteiger partial charge on any atom is -0.478 e. The lowest BCUT2D eigenvalue weighted by Crippen LogP contribution is -2.01. The molecule has 0 saturated heterocycles. The summed E-state index contributed by atoms with van der Waals surface area (Å²) < 4.78 is 1.14. The number of carboxylic acids is 1. The van der Waals surface area contributed by atoms with E-state index in [9.17, 15) is 14.9 Å². The second-order valence-corrected chi connectivity index (χ2v) is 4.15. The number of aromatic carboxylic acids is 1. The quantitative estimate of drug-likeness (QED) is 0.688. The van der Waals surface area contributed by atoms with E-state index in [0.29, 0.717) is 0 Å². The Morgan fingerprint density at radius 1 is 1.53 bits per heavy atom. The molecule has 0 bridgehead atoms. The van der Waals surface area contributed by atoms with Gasteiger partial charge in [-0.1, -0.05) is 17.7 Å². The van der Waals surface area contributed by atoms with Crippen LogP contribution in [0, 0.1) is 17.0 Å². The van der Waals surface area contributed by atoms with Gasteiger partial charge in [-0.25, -0.2) is 9.48 Å². The van der Waals surface area contributed by atoms with E-state index in [1.807, 2.05) is 0 Å². The van der Waals surface area contributed by atoms with Crippen molar-refractivity contribution in [3.63, 3.8) is 0 Å². The van der Waals surface area contributed by atoms with Crippen LogP contribution in [-0.2, 0) is 0 Å². The predicted molar refractivity (Wildman–Crippen MR) is 66.9 cm³/mol. The van der Waals surface area contributed by atoms with Gasteiger partial charge in [0.1, 0.15) is 16.3 Å². The Bertz CT molecular complexity index is 681. The number of halogens is 1.